The van der Waals surface area contributed by atoms with Crippen LogP contribution in [0.2, 0.25) is 0 Å². The molecule has 268 valence electrons. The number of fused-ring (bicyclic) bond motifs is 1. The van der Waals surface area contributed by atoms with Crippen molar-refractivity contribution in [2.45, 2.75) is 89.3 Å². The molecule has 8 nitrogen and oxygen atoms in total. The van der Waals surface area contributed by atoms with Gasteiger partial charge in [-0.15, -0.1) is 0 Å². The number of carbonyl (C=O) groups excluding carboxylic acids is 4. The van der Waals surface area contributed by atoms with E-state index >= 15 is 0 Å². The summed E-state index contributed by atoms with van der Waals surface area (Å²) in [5, 5.41) is 11.4. The van der Waals surface area contributed by atoms with Crippen molar-refractivity contribution in [2.75, 3.05) is 6.54 Å². The van der Waals surface area contributed by atoms with E-state index in [1.54, 1.807) is 6.92 Å². The third-order valence-corrected chi connectivity index (χ3v) is 10.1. The number of Topliss-reactive ketones (excluding diaryl/α,β-unsaturated/α-hetero) is 1. The summed E-state index contributed by atoms with van der Waals surface area (Å²) < 4.78 is 0. The van der Waals surface area contributed by atoms with Gasteiger partial charge in [-0.3, -0.25) is 19.2 Å². The maximum Gasteiger partial charge on any atom is 0.243 e. The normalized spacial score (nSPS) is 14.9. The molecule has 1 fully saturated rings. The van der Waals surface area contributed by atoms with Gasteiger partial charge >= 0.3 is 0 Å². The second-order valence-corrected chi connectivity index (χ2v) is 13.8. The van der Waals surface area contributed by atoms with E-state index in [0.717, 1.165) is 59.6 Å². The van der Waals surface area contributed by atoms with Crippen LogP contribution in [0.25, 0.3) is 10.8 Å². The average Bonchev–Trinajstić information content (AvgIpc) is 3.70. The zero-order valence-corrected chi connectivity index (χ0v) is 29.7. The molecule has 0 aliphatic heterocycles. The van der Waals surface area contributed by atoms with E-state index in [9.17, 15) is 19.2 Å². The molecular weight excluding hydrogens is 636 g/mol. The molecule has 4 aromatic rings. The Labute approximate surface area is 302 Å². The molecule has 3 amide bonds. The number of carbonyl (C=O) groups is 4. The molecule has 5 N–H and O–H groups in total. The highest BCUT2D eigenvalue weighted by Gasteiger charge is 2.36. The summed E-state index contributed by atoms with van der Waals surface area (Å²) in [7, 11) is 0. The molecule has 0 radical (unpaired) electrons. The monoisotopic (exact) mass is 688 g/mol. The first-order valence-electron chi connectivity index (χ1n) is 18.6. The molecule has 4 aromatic carbocycles. The fraction of sp³-hybridized carbons (Fsp3) is 0.395. The van der Waals surface area contributed by atoms with E-state index < -0.39 is 18.0 Å². The van der Waals surface area contributed by atoms with Crippen LogP contribution in [0.1, 0.15) is 87.4 Å². The van der Waals surface area contributed by atoms with Gasteiger partial charge in [0.25, 0.3) is 0 Å². The maximum atomic E-state index is 14.3. The Morgan fingerprint density at radius 1 is 0.725 bits per heavy atom. The average molecular weight is 689 g/mol. The molecular formula is C43H52N4O4. The molecule has 0 bridgehead atoms. The number of unbranched alkanes of at least 4 members (excludes halogenated alkanes) is 1. The van der Waals surface area contributed by atoms with E-state index in [-0.39, 0.29) is 48.3 Å². The molecule has 0 saturated heterocycles. The maximum absolute atomic E-state index is 14.3. The van der Waals surface area contributed by atoms with Crippen LogP contribution in [-0.2, 0) is 25.6 Å². The van der Waals surface area contributed by atoms with Gasteiger partial charge in [-0.1, -0.05) is 129 Å². The zero-order valence-electron chi connectivity index (χ0n) is 29.7. The molecule has 1 aliphatic carbocycles. The van der Waals surface area contributed by atoms with Gasteiger partial charge in [0.05, 0.1) is 12.1 Å². The van der Waals surface area contributed by atoms with Crippen LogP contribution in [0.5, 0.6) is 0 Å². The molecule has 0 aromatic heterocycles. The lowest BCUT2D eigenvalue weighted by Gasteiger charge is -2.29. The minimum atomic E-state index is -0.850. The minimum Gasteiger partial charge on any atom is -0.345 e. The molecule has 51 heavy (non-hydrogen) atoms. The van der Waals surface area contributed by atoms with E-state index in [0.29, 0.717) is 25.8 Å². The van der Waals surface area contributed by atoms with E-state index in [2.05, 4.69) is 16.0 Å². The van der Waals surface area contributed by atoms with Gasteiger partial charge < -0.3 is 21.7 Å². The van der Waals surface area contributed by atoms with Gasteiger partial charge in [-0.05, 0) is 65.6 Å². The molecule has 5 rings (SSSR count). The van der Waals surface area contributed by atoms with Crippen molar-refractivity contribution in [3.63, 3.8) is 0 Å². The van der Waals surface area contributed by atoms with Crippen LogP contribution in [0.4, 0.5) is 0 Å². The van der Waals surface area contributed by atoms with Crippen LogP contribution in [0.15, 0.2) is 103 Å². The van der Waals surface area contributed by atoms with Crippen molar-refractivity contribution >= 4 is 34.3 Å². The Balaban J connectivity index is 1.36. The summed E-state index contributed by atoms with van der Waals surface area (Å²) >= 11 is 0. The highest BCUT2D eigenvalue weighted by atomic mass is 16.2. The second kappa shape index (κ2) is 19.0. The quantitative estimate of drug-likeness (QED) is 0.0880. The molecule has 0 unspecified atom stereocenters. The fourth-order valence-corrected chi connectivity index (χ4v) is 7.25. The van der Waals surface area contributed by atoms with Gasteiger partial charge in [-0.25, -0.2) is 0 Å². The second-order valence-electron chi connectivity index (χ2n) is 13.8. The number of hydrogen-bond donors (Lipinski definition) is 4. The topological polar surface area (TPSA) is 130 Å². The number of rotatable bonds is 18. The predicted octanol–water partition coefficient (Wildman–Crippen LogP) is 6.56. The Morgan fingerprint density at radius 3 is 1.98 bits per heavy atom. The summed E-state index contributed by atoms with van der Waals surface area (Å²) in [5.74, 6) is -1.58. The van der Waals surface area contributed by atoms with Crippen molar-refractivity contribution in [2.24, 2.45) is 17.6 Å². The number of nitrogens with two attached hydrogens (primary N) is 1. The van der Waals surface area contributed by atoms with Gasteiger partial charge in [0.15, 0.2) is 5.78 Å². The molecule has 8 heteroatoms. The molecule has 0 spiro atoms. The minimum absolute atomic E-state index is 0.00477. The fourth-order valence-electron chi connectivity index (χ4n) is 7.25. The summed E-state index contributed by atoms with van der Waals surface area (Å²) in [6.45, 7) is 2.25. The number of ketones is 1. The first-order chi connectivity index (χ1) is 24.9. The van der Waals surface area contributed by atoms with Crippen LogP contribution in [0, 0.1) is 11.8 Å². The van der Waals surface area contributed by atoms with E-state index in [4.69, 9.17) is 5.73 Å². The van der Waals surface area contributed by atoms with Crippen LogP contribution >= 0.6 is 0 Å². The van der Waals surface area contributed by atoms with E-state index in [1.807, 2.05) is 103 Å². The van der Waals surface area contributed by atoms with Crippen molar-refractivity contribution in [3.05, 3.63) is 120 Å². The highest BCUT2D eigenvalue weighted by molar-refractivity contribution is 5.95. The van der Waals surface area contributed by atoms with Gasteiger partial charge in [0.2, 0.25) is 17.7 Å². The lowest BCUT2D eigenvalue weighted by atomic mass is 9.86. The molecule has 0 heterocycles. The first kappa shape index (κ1) is 37.4. The van der Waals surface area contributed by atoms with E-state index in [1.165, 1.54) is 0 Å². The highest BCUT2D eigenvalue weighted by Crippen LogP contribution is 2.31. The van der Waals surface area contributed by atoms with Crippen molar-refractivity contribution in [1.82, 2.24) is 16.0 Å². The predicted molar refractivity (Wildman–Crippen MR) is 203 cm³/mol. The zero-order chi connectivity index (χ0) is 36.0. The summed E-state index contributed by atoms with van der Waals surface area (Å²) in [5.41, 5.74) is 8.64. The van der Waals surface area contributed by atoms with Crippen molar-refractivity contribution in [1.29, 1.82) is 0 Å². The number of amides is 3. The number of benzene rings is 4. The third kappa shape index (κ3) is 10.6. The Kier molecular flexibility index (Phi) is 13.9. The van der Waals surface area contributed by atoms with Gasteiger partial charge in [0, 0.05) is 25.2 Å². The number of hydrogen-bond acceptors (Lipinski definition) is 5. The largest absolute Gasteiger partial charge is 0.345 e. The Morgan fingerprint density at radius 2 is 1.35 bits per heavy atom. The first-order valence-corrected chi connectivity index (χ1v) is 18.6. The van der Waals surface area contributed by atoms with Crippen molar-refractivity contribution in [3.8, 4) is 0 Å². The number of nitrogens with one attached hydrogen (secondary N) is 3. The standard InChI is InChI=1S/C43H52N4O4/c1-2-39(49)45-37(28-30-24-25-31-15-9-12-22-35(31)27-30)43(51)47-41(34-20-10-11-21-34)38(48)29-36(23-13-14-26-44)42(50)46-40(32-16-5-3-6-17-32)33-18-7-4-8-19-33/h3-9,12,15-19,22,24-25,27,34,36-37,40-41H,2,10-11,13-14,20-21,23,26,28-29,44H2,1H3,(H,45,49)(H,46,50)(H,47,51)/t36-,37+,41+/m1/s1. The van der Waals surface area contributed by atoms with Crippen LogP contribution in [-0.4, -0.2) is 42.1 Å². The Bertz CT molecular complexity index is 1700. The smallest absolute Gasteiger partial charge is 0.243 e. The van der Waals surface area contributed by atoms with Crippen LogP contribution in [0.3, 0.4) is 0 Å². The Hall–Kier alpha value is -4.82. The summed E-state index contributed by atoms with van der Waals surface area (Å²) in [4.78, 5) is 55.1. The lowest BCUT2D eigenvalue weighted by molar-refractivity contribution is -0.134. The molecule has 1 saturated carbocycles. The van der Waals surface area contributed by atoms with Gasteiger partial charge in [0.1, 0.15) is 6.04 Å². The van der Waals surface area contributed by atoms with Crippen LogP contribution < -0.4 is 21.7 Å². The summed E-state index contributed by atoms with van der Waals surface area (Å²) in [6, 6.07) is 31.7. The van der Waals surface area contributed by atoms with Gasteiger partial charge in [-0.2, -0.15) is 0 Å². The molecule has 3 atom stereocenters. The van der Waals surface area contributed by atoms with Crippen molar-refractivity contribution < 1.29 is 19.2 Å². The molecule has 1 aliphatic rings. The third-order valence-electron chi connectivity index (χ3n) is 10.1. The lowest BCUT2D eigenvalue weighted by Crippen LogP contribution is -2.54. The summed E-state index contributed by atoms with van der Waals surface area (Å²) in [6.07, 6.45) is 6.09. The SMILES string of the molecule is CCC(=O)N[C@@H](Cc1ccc2ccccc2c1)C(=O)N[C@H](C(=O)C[C@@H](CCCCN)C(=O)NC(c1ccccc1)c1ccccc1)C1CCCC1.